The number of nitrogens with zero attached hydrogens (tertiary/aromatic N) is 2. The summed E-state index contributed by atoms with van der Waals surface area (Å²) in [6, 6.07) is 0.833. The molecule has 6 heteroatoms. The van der Waals surface area contributed by atoms with Crippen molar-refractivity contribution in [3.63, 3.8) is 0 Å². The molecule has 2 bridgehead atoms. The Bertz CT molecular complexity index is 454. The third kappa shape index (κ3) is 2.51. The summed E-state index contributed by atoms with van der Waals surface area (Å²) in [4.78, 5) is 16.0. The average Bonchev–Trinajstić information content (AvgIpc) is 2.57. The molecule has 22 heavy (non-hydrogen) atoms. The van der Waals surface area contributed by atoms with E-state index in [1.54, 1.807) is 4.90 Å². The van der Waals surface area contributed by atoms with Gasteiger partial charge >= 0.3 is 6.09 Å². The Balaban J connectivity index is 1.64. The minimum atomic E-state index is -0.871. The number of piperidine rings is 1. The number of carbonyl (C=O) groups is 1. The van der Waals surface area contributed by atoms with E-state index >= 15 is 0 Å². The average molecular weight is 311 g/mol. The van der Waals surface area contributed by atoms with Gasteiger partial charge in [0.1, 0.15) is 5.60 Å². The number of amides is 1. The summed E-state index contributed by atoms with van der Waals surface area (Å²) in [5, 5.41) is 11.2. The van der Waals surface area contributed by atoms with Crippen molar-refractivity contribution in [2.24, 2.45) is 5.73 Å². The summed E-state index contributed by atoms with van der Waals surface area (Å²) in [5.74, 6) is 0. The number of ether oxygens (including phenoxy) is 1. The van der Waals surface area contributed by atoms with Gasteiger partial charge in [-0.2, -0.15) is 0 Å². The number of aliphatic hydroxyl groups is 1. The highest BCUT2D eigenvalue weighted by Crippen LogP contribution is 2.46. The second-order valence-corrected chi connectivity index (χ2v) is 8.48. The van der Waals surface area contributed by atoms with Crippen molar-refractivity contribution >= 4 is 6.09 Å². The molecule has 0 saturated carbocycles. The lowest BCUT2D eigenvalue weighted by Gasteiger charge is -2.58. The summed E-state index contributed by atoms with van der Waals surface area (Å²) in [5.41, 5.74) is 4.40. The van der Waals surface area contributed by atoms with E-state index in [9.17, 15) is 9.90 Å². The maximum Gasteiger partial charge on any atom is 0.410 e. The molecular weight excluding hydrogens is 282 g/mol. The summed E-state index contributed by atoms with van der Waals surface area (Å²) in [6.45, 7) is 6.30. The van der Waals surface area contributed by atoms with Gasteiger partial charge in [-0.3, -0.25) is 0 Å². The van der Waals surface area contributed by atoms with Crippen LogP contribution in [-0.2, 0) is 4.74 Å². The number of carbonyl (C=O) groups excluding carboxylic acids is 1. The molecule has 2 unspecified atom stereocenters. The van der Waals surface area contributed by atoms with Gasteiger partial charge in [-0.25, -0.2) is 4.79 Å². The number of rotatable bonds is 1. The summed E-state index contributed by atoms with van der Waals surface area (Å²) >= 11 is 0. The first-order chi connectivity index (χ1) is 10.0. The van der Waals surface area contributed by atoms with Crippen LogP contribution in [0.1, 0.15) is 46.5 Å². The lowest BCUT2D eigenvalue weighted by Crippen LogP contribution is -2.80. The zero-order chi connectivity index (χ0) is 16.3. The van der Waals surface area contributed by atoms with Crippen LogP contribution in [0.25, 0.3) is 0 Å². The van der Waals surface area contributed by atoms with Gasteiger partial charge in [-0.1, -0.05) is 0 Å². The third-order valence-electron chi connectivity index (χ3n) is 5.66. The Morgan fingerprint density at radius 2 is 1.73 bits per heavy atom. The van der Waals surface area contributed by atoms with E-state index in [0.29, 0.717) is 38.0 Å². The Labute approximate surface area is 132 Å². The van der Waals surface area contributed by atoms with Gasteiger partial charge in [-0.15, -0.1) is 0 Å². The van der Waals surface area contributed by atoms with Crippen molar-refractivity contribution < 1.29 is 14.6 Å². The number of hydrogen-bond donors (Lipinski definition) is 2. The molecule has 3 heterocycles. The molecule has 3 rings (SSSR count). The molecule has 126 valence electrons. The standard InChI is InChI=1S/C16H29N3O3/c1-14(2,3)22-13(20)19-9-15(17,10-19)16(21)7-11-5-6-12(8-16)18(11)4/h11-12,21H,5-10,17H2,1-4H3. The predicted molar refractivity (Wildman–Crippen MR) is 83.5 cm³/mol. The normalized spacial score (nSPS) is 37.8. The molecule has 1 amide bonds. The molecule has 0 spiro atoms. The van der Waals surface area contributed by atoms with Crippen molar-refractivity contribution in [3.8, 4) is 0 Å². The third-order valence-corrected chi connectivity index (χ3v) is 5.66. The second-order valence-electron chi connectivity index (χ2n) is 8.48. The van der Waals surface area contributed by atoms with Gasteiger partial charge in [0.15, 0.2) is 0 Å². The first-order valence-corrected chi connectivity index (χ1v) is 8.24. The van der Waals surface area contributed by atoms with Crippen LogP contribution >= 0.6 is 0 Å². The molecule has 3 saturated heterocycles. The fourth-order valence-electron chi connectivity index (χ4n) is 4.24. The van der Waals surface area contributed by atoms with Crippen LogP contribution in [0.15, 0.2) is 0 Å². The number of nitrogens with two attached hydrogens (primary N) is 1. The highest BCUT2D eigenvalue weighted by molar-refractivity contribution is 5.70. The molecule has 3 N–H and O–H groups in total. The summed E-state index contributed by atoms with van der Waals surface area (Å²) in [6.07, 6.45) is 3.34. The first kappa shape index (κ1) is 16.0. The topological polar surface area (TPSA) is 79.0 Å². The van der Waals surface area contributed by atoms with Crippen molar-refractivity contribution in [1.82, 2.24) is 9.80 Å². The largest absolute Gasteiger partial charge is 0.444 e. The van der Waals surface area contributed by atoms with E-state index in [1.165, 1.54) is 0 Å². The lowest BCUT2D eigenvalue weighted by atomic mass is 9.67. The van der Waals surface area contributed by atoms with E-state index in [0.717, 1.165) is 12.8 Å². The smallest absolute Gasteiger partial charge is 0.410 e. The molecule has 0 aliphatic carbocycles. The molecule has 0 aromatic heterocycles. The van der Waals surface area contributed by atoms with Gasteiger partial charge in [0.05, 0.1) is 11.1 Å². The van der Waals surface area contributed by atoms with Gasteiger partial charge in [0.25, 0.3) is 0 Å². The fourth-order valence-corrected chi connectivity index (χ4v) is 4.24. The second kappa shape index (κ2) is 4.82. The zero-order valence-corrected chi connectivity index (χ0v) is 14.1. The summed E-state index contributed by atoms with van der Waals surface area (Å²) in [7, 11) is 2.14. The van der Waals surface area contributed by atoms with Crippen LogP contribution in [0, 0.1) is 0 Å². The van der Waals surface area contributed by atoms with Crippen LogP contribution in [0.5, 0.6) is 0 Å². The highest BCUT2D eigenvalue weighted by Gasteiger charge is 2.61. The van der Waals surface area contributed by atoms with E-state index < -0.39 is 16.7 Å². The number of fused-ring (bicyclic) bond motifs is 2. The van der Waals surface area contributed by atoms with Crippen LogP contribution < -0.4 is 5.73 Å². The lowest BCUT2D eigenvalue weighted by molar-refractivity contribution is -0.142. The Morgan fingerprint density at radius 1 is 1.23 bits per heavy atom. The first-order valence-electron chi connectivity index (χ1n) is 8.24. The van der Waals surface area contributed by atoms with E-state index in [2.05, 4.69) is 11.9 Å². The van der Waals surface area contributed by atoms with E-state index in [1.807, 2.05) is 20.8 Å². The molecule has 0 radical (unpaired) electrons. The molecule has 6 nitrogen and oxygen atoms in total. The van der Waals surface area contributed by atoms with E-state index in [-0.39, 0.29) is 6.09 Å². The predicted octanol–water partition coefficient (Wildman–Crippen LogP) is 0.922. The van der Waals surface area contributed by atoms with Gasteiger partial charge in [0.2, 0.25) is 0 Å². The van der Waals surface area contributed by atoms with Crippen molar-refractivity contribution in [3.05, 3.63) is 0 Å². The summed E-state index contributed by atoms with van der Waals surface area (Å²) < 4.78 is 5.37. The van der Waals surface area contributed by atoms with Crippen LogP contribution in [0.2, 0.25) is 0 Å². The zero-order valence-electron chi connectivity index (χ0n) is 14.1. The maximum atomic E-state index is 12.1. The van der Waals surface area contributed by atoms with Gasteiger partial charge in [0, 0.05) is 25.2 Å². The van der Waals surface area contributed by atoms with Crippen molar-refractivity contribution in [2.45, 2.75) is 75.3 Å². The fraction of sp³-hybridized carbons (Fsp3) is 0.938. The van der Waals surface area contributed by atoms with E-state index in [4.69, 9.17) is 10.5 Å². The molecule has 3 aliphatic heterocycles. The minimum Gasteiger partial charge on any atom is -0.444 e. The molecule has 3 aliphatic rings. The number of hydrogen-bond acceptors (Lipinski definition) is 5. The monoisotopic (exact) mass is 311 g/mol. The quantitative estimate of drug-likeness (QED) is 0.753. The molecule has 0 aromatic rings. The molecular formula is C16H29N3O3. The van der Waals surface area contributed by atoms with Crippen molar-refractivity contribution in [1.29, 1.82) is 0 Å². The number of likely N-dealkylation sites (tertiary alicyclic amines) is 1. The van der Waals surface area contributed by atoms with Crippen molar-refractivity contribution in [2.75, 3.05) is 20.1 Å². The van der Waals surface area contributed by atoms with Gasteiger partial charge < -0.3 is 25.4 Å². The maximum absolute atomic E-state index is 12.1. The molecule has 2 atom stereocenters. The molecule has 3 fully saturated rings. The minimum absolute atomic E-state index is 0.340. The Morgan fingerprint density at radius 3 is 2.18 bits per heavy atom. The Kier molecular flexibility index (Phi) is 3.51. The molecule has 0 aromatic carbocycles. The van der Waals surface area contributed by atoms with Crippen LogP contribution in [0.3, 0.4) is 0 Å². The SMILES string of the molecule is CN1C2CCC1CC(O)(C1(N)CN(C(=O)OC(C)(C)C)C1)C2. The van der Waals surface area contributed by atoms with Crippen LogP contribution in [-0.4, -0.2) is 70.0 Å². The van der Waals surface area contributed by atoms with Gasteiger partial charge in [-0.05, 0) is 53.5 Å². The Hall–Kier alpha value is -0.850. The van der Waals surface area contributed by atoms with Crippen LogP contribution in [0.4, 0.5) is 4.79 Å². The highest BCUT2D eigenvalue weighted by atomic mass is 16.6.